The molecule has 1 aromatic heterocycles. The number of methoxy groups -OCH3 is 1. The standard InChI is InChI=1S/C9H17N3OS/c1-7-9(14-6-12-7)5-11-4-8(3-10)13-2/h6,8,11H,3-5,10H2,1-2H3. The van der Waals surface area contributed by atoms with Crippen LogP contribution in [0.3, 0.4) is 0 Å². The molecule has 1 atom stereocenters. The van der Waals surface area contributed by atoms with Gasteiger partial charge < -0.3 is 15.8 Å². The second-order valence-electron chi connectivity index (χ2n) is 3.09. The zero-order valence-corrected chi connectivity index (χ0v) is 9.43. The Hall–Kier alpha value is -0.490. The van der Waals surface area contributed by atoms with E-state index in [1.54, 1.807) is 18.4 Å². The Bertz CT molecular complexity index is 260. The number of hydrogen-bond donors (Lipinski definition) is 2. The van der Waals surface area contributed by atoms with E-state index >= 15 is 0 Å². The van der Waals surface area contributed by atoms with Crippen molar-refractivity contribution < 1.29 is 4.74 Å². The van der Waals surface area contributed by atoms with Gasteiger partial charge in [0.25, 0.3) is 0 Å². The molecule has 0 bridgehead atoms. The van der Waals surface area contributed by atoms with Crippen LogP contribution in [0.2, 0.25) is 0 Å². The smallest absolute Gasteiger partial charge is 0.0817 e. The van der Waals surface area contributed by atoms with Crippen molar-refractivity contribution in [1.29, 1.82) is 0 Å². The van der Waals surface area contributed by atoms with Crippen LogP contribution in [0, 0.1) is 6.92 Å². The van der Waals surface area contributed by atoms with Gasteiger partial charge in [-0.15, -0.1) is 11.3 Å². The SMILES string of the molecule is COC(CN)CNCc1scnc1C. The molecule has 0 saturated heterocycles. The monoisotopic (exact) mass is 215 g/mol. The third-order valence-electron chi connectivity index (χ3n) is 2.10. The molecule has 80 valence electrons. The van der Waals surface area contributed by atoms with E-state index in [1.165, 1.54) is 4.88 Å². The normalized spacial score (nSPS) is 13.1. The van der Waals surface area contributed by atoms with Crippen molar-refractivity contribution in [1.82, 2.24) is 10.3 Å². The van der Waals surface area contributed by atoms with Crippen LogP contribution in [-0.2, 0) is 11.3 Å². The molecule has 1 unspecified atom stereocenters. The summed E-state index contributed by atoms with van der Waals surface area (Å²) in [6.07, 6.45) is 0.100. The zero-order valence-electron chi connectivity index (χ0n) is 8.62. The van der Waals surface area contributed by atoms with Gasteiger partial charge in [-0.2, -0.15) is 0 Å². The van der Waals surface area contributed by atoms with Crippen molar-refractivity contribution in [3.8, 4) is 0 Å². The molecule has 3 N–H and O–H groups in total. The molecule has 0 spiro atoms. The summed E-state index contributed by atoms with van der Waals surface area (Å²) in [6.45, 7) is 4.19. The number of aryl methyl sites for hydroxylation is 1. The van der Waals surface area contributed by atoms with E-state index in [1.807, 2.05) is 12.4 Å². The summed E-state index contributed by atoms with van der Waals surface area (Å²) in [6, 6.07) is 0. The average Bonchev–Trinajstić information content (AvgIpc) is 2.59. The molecular formula is C9H17N3OS. The number of ether oxygens (including phenoxy) is 1. The van der Waals surface area contributed by atoms with Gasteiger partial charge in [0.1, 0.15) is 0 Å². The van der Waals surface area contributed by atoms with Gasteiger partial charge in [-0.05, 0) is 6.92 Å². The predicted octanol–water partition coefficient (Wildman–Crippen LogP) is 0.515. The van der Waals surface area contributed by atoms with E-state index in [0.29, 0.717) is 6.54 Å². The fourth-order valence-electron chi connectivity index (χ4n) is 1.11. The maximum atomic E-state index is 5.50. The van der Waals surface area contributed by atoms with Gasteiger partial charge in [-0.1, -0.05) is 0 Å². The molecular weight excluding hydrogens is 198 g/mol. The lowest BCUT2D eigenvalue weighted by atomic mass is 10.3. The summed E-state index contributed by atoms with van der Waals surface area (Å²) in [5.74, 6) is 0. The maximum absolute atomic E-state index is 5.50. The predicted molar refractivity (Wildman–Crippen MR) is 58.4 cm³/mol. The number of thiazole rings is 1. The fourth-order valence-corrected chi connectivity index (χ4v) is 1.85. The van der Waals surface area contributed by atoms with Crippen molar-refractivity contribution in [2.24, 2.45) is 5.73 Å². The lowest BCUT2D eigenvalue weighted by Crippen LogP contribution is -2.33. The van der Waals surface area contributed by atoms with Crippen LogP contribution >= 0.6 is 11.3 Å². The largest absolute Gasteiger partial charge is 0.379 e. The third-order valence-corrected chi connectivity index (χ3v) is 3.03. The van der Waals surface area contributed by atoms with Crippen LogP contribution in [0.4, 0.5) is 0 Å². The molecule has 1 aromatic rings. The molecule has 0 aliphatic heterocycles. The first-order valence-electron chi connectivity index (χ1n) is 4.60. The first-order valence-corrected chi connectivity index (χ1v) is 5.48. The molecule has 5 heteroatoms. The lowest BCUT2D eigenvalue weighted by Gasteiger charge is -2.13. The van der Waals surface area contributed by atoms with E-state index in [2.05, 4.69) is 10.3 Å². The lowest BCUT2D eigenvalue weighted by molar-refractivity contribution is 0.108. The molecule has 0 aliphatic rings. The van der Waals surface area contributed by atoms with Crippen LogP contribution in [0.5, 0.6) is 0 Å². The minimum Gasteiger partial charge on any atom is -0.379 e. The average molecular weight is 215 g/mol. The van der Waals surface area contributed by atoms with E-state index in [4.69, 9.17) is 10.5 Å². The molecule has 0 radical (unpaired) electrons. The van der Waals surface area contributed by atoms with E-state index < -0.39 is 0 Å². The first-order chi connectivity index (χ1) is 6.77. The van der Waals surface area contributed by atoms with Crippen molar-refractivity contribution >= 4 is 11.3 Å². The van der Waals surface area contributed by atoms with Crippen molar-refractivity contribution in [2.45, 2.75) is 19.6 Å². The Balaban J connectivity index is 2.24. The van der Waals surface area contributed by atoms with Gasteiger partial charge in [0, 0.05) is 31.6 Å². The van der Waals surface area contributed by atoms with Crippen LogP contribution in [0.25, 0.3) is 0 Å². The minimum atomic E-state index is 0.100. The van der Waals surface area contributed by atoms with E-state index in [9.17, 15) is 0 Å². The van der Waals surface area contributed by atoms with Gasteiger partial charge in [-0.25, -0.2) is 4.98 Å². The second-order valence-corrected chi connectivity index (χ2v) is 4.02. The highest BCUT2D eigenvalue weighted by atomic mass is 32.1. The number of aromatic nitrogens is 1. The van der Waals surface area contributed by atoms with Crippen molar-refractivity contribution in [2.75, 3.05) is 20.2 Å². The first kappa shape index (κ1) is 11.6. The van der Waals surface area contributed by atoms with E-state index in [-0.39, 0.29) is 6.10 Å². The number of nitrogens with one attached hydrogen (secondary N) is 1. The van der Waals surface area contributed by atoms with Gasteiger partial charge in [0.05, 0.1) is 17.3 Å². The highest BCUT2D eigenvalue weighted by molar-refractivity contribution is 7.09. The summed E-state index contributed by atoms with van der Waals surface area (Å²) in [4.78, 5) is 5.45. The minimum absolute atomic E-state index is 0.100. The Morgan fingerprint density at radius 1 is 1.71 bits per heavy atom. The molecule has 1 rings (SSSR count). The van der Waals surface area contributed by atoms with Crippen molar-refractivity contribution in [3.63, 3.8) is 0 Å². The Labute approximate surface area is 88.5 Å². The van der Waals surface area contributed by atoms with Gasteiger partial charge >= 0.3 is 0 Å². The quantitative estimate of drug-likeness (QED) is 0.726. The summed E-state index contributed by atoms with van der Waals surface area (Å²) in [5.41, 5.74) is 8.46. The molecule has 0 aromatic carbocycles. The number of nitrogens with two attached hydrogens (primary N) is 1. The summed E-state index contributed by atoms with van der Waals surface area (Å²) in [7, 11) is 1.68. The number of nitrogens with zero attached hydrogens (tertiary/aromatic N) is 1. The topological polar surface area (TPSA) is 60.2 Å². The van der Waals surface area contributed by atoms with E-state index in [0.717, 1.165) is 18.8 Å². The molecule has 1 heterocycles. The number of hydrogen-bond acceptors (Lipinski definition) is 5. The molecule has 4 nitrogen and oxygen atoms in total. The van der Waals surface area contributed by atoms with Crippen LogP contribution in [-0.4, -0.2) is 31.3 Å². The second kappa shape index (κ2) is 6.08. The van der Waals surface area contributed by atoms with Crippen LogP contribution in [0.1, 0.15) is 10.6 Å². The Morgan fingerprint density at radius 3 is 3.00 bits per heavy atom. The molecule has 0 fully saturated rings. The third kappa shape index (κ3) is 3.34. The highest BCUT2D eigenvalue weighted by Crippen LogP contribution is 2.10. The summed E-state index contributed by atoms with van der Waals surface area (Å²) >= 11 is 1.67. The van der Waals surface area contributed by atoms with Crippen LogP contribution in [0.15, 0.2) is 5.51 Å². The molecule has 0 amide bonds. The van der Waals surface area contributed by atoms with Gasteiger partial charge in [0.15, 0.2) is 0 Å². The van der Waals surface area contributed by atoms with Crippen molar-refractivity contribution in [3.05, 3.63) is 16.1 Å². The Morgan fingerprint density at radius 2 is 2.50 bits per heavy atom. The van der Waals surface area contributed by atoms with Gasteiger partial charge in [0.2, 0.25) is 0 Å². The summed E-state index contributed by atoms with van der Waals surface area (Å²) < 4.78 is 5.15. The summed E-state index contributed by atoms with van der Waals surface area (Å²) in [5, 5.41) is 3.30. The molecule has 0 saturated carbocycles. The fraction of sp³-hybridized carbons (Fsp3) is 0.667. The van der Waals surface area contributed by atoms with Gasteiger partial charge in [-0.3, -0.25) is 0 Å². The van der Waals surface area contributed by atoms with Crippen LogP contribution < -0.4 is 11.1 Å². The maximum Gasteiger partial charge on any atom is 0.0817 e. The highest BCUT2D eigenvalue weighted by Gasteiger charge is 2.05. The molecule has 0 aliphatic carbocycles. The zero-order chi connectivity index (χ0) is 10.4. The number of rotatable bonds is 6. The molecule has 14 heavy (non-hydrogen) atoms. The Kier molecular flexibility index (Phi) is 5.03.